The minimum atomic E-state index is -0.0335. The van der Waals surface area contributed by atoms with Gasteiger partial charge in [0.15, 0.2) is 0 Å². The zero-order valence-electron chi connectivity index (χ0n) is 12.5. The summed E-state index contributed by atoms with van der Waals surface area (Å²) in [5.74, 6) is -0.0335. The van der Waals surface area contributed by atoms with Crippen molar-refractivity contribution < 1.29 is 4.79 Å². The molecule has 1 aliphatic heterocycles. The first-order chi connectivity index (χ1) is 11.0. The maximum Gasteiger partial charge on any atom is 0.255 e. The Hall–Kier alpha value is -1.27. The van der Waals surface area contributed by atoms with Crippen molar-refractivity contribution in [3.8, 4) is 0 Å². The standard InChI is InChI=1S/C16H17Cl2N3OS/c17-14-9-11(19)1-3-13(14)16(22)21-7-5-20(6-8-21)10-12-2-4-15(18)23-12/h1-4,9H,5-8,10,19H2. The van der Waals surface area contributed by atoms with E-state index < -0.39 is 0 Å². The van der Waals surface area contributed by atoms with Gasteiger partial charge in [-0.2, -0.15) is 0 Å². The van der Waals surface area contributed by atoms with Gasteiger partial charge in [0.25, 0.3) is 5.91 Å². The summed E-state index contributed by atoms with van der Waals surface area (Å²) in [6.07, 6.45) is 0. The van der Waals surface area contributed by atoms with Crippen molar-refractivity contribution in [2.24, 2.45) is 0 Å². The second-order valence-electron chi connectivity index (χ2n) is 5.51. The van der Waals surface area contributed by atoms with Crippen LogP contribution in [0.5, 0.6) is 0 Å². The van der Waals surface area contributed by atoms with Crippen molar-refractivity contribution >= 4 is 46.1 Å². The van der Waals surface area contributed by atoms with Gasteiger partial charge < -0.3 is 10.6 Å². The van der Waals surface area contributed by atoms with Crippen LogP contribution in [0.4, 0.5) is 5.69 Å². The number of carbonyl (C=O) groups is 1. The summed E-state index contributed by atoms with van der Waals surface area (Å²) in [7, 11) is 0. The van der Waals surface area contributed by atoms with E-state index in [4.69, 9.17) is 28.9 Å². The molecule has 2 aromatic rings. The molecule has 1 fully saturated rings. The number of rotatable bonds is 3. The Bertz CT molecular complexity index is 711. The molecule has 3 rings (SSSR count). The van der Waals surface area contributed by atoms with Crippen LogP contribution in [0.25, 0.3) is 0 Å². The third-order valence-electron chi connectivity index (χ3n) is 3.89. The third kappa shape index (κ3) is 3.98. The predicted octanol–water partition coefficient (Wildman–Crippen LogP) is 3.60. The molecule has 0 atom stereocenters. The lowest BCUT2D eigenvalue weighted by atomic mass is 10.1. The first-order valence-corrected chi connectivity index (χ1v) is 8.91. The van der Waals surface area contributed by atoms with Gasteiger partial charge in [-0.05, 0) is 30.3 Å². The van der Waals surface area contributed by atoms with Gasteiger partial charge in [-0.15, -0.1) is 11.3 Å². The van der Waals surface area contributed by atoms with Crippen LogP contribution in [0.1, 0.15) is 15.2 Å². The smallest absolute Gasteiger partial charge is 0.255 e. The average Bonchev–Trinajstić information content (AvgIpc) is 2.92. The Balaban J connectivity index is 1.59. The molecule has 2 heterocycles. The van der Waals surface area contributed by atoms with E-state index in [9.17, 15) is 4.79 Å². The number of thiophene rings is 1. The molecule has 0 aliphatic carbocycles. The van der Waals surface area contributed by atoms with Crippen LogP contribution >= 0.6 is 34.5 Å². The highest BCUT2D eigenvalue weighted by Gasteiger charge is 2.23. The molecule has 0 spiro atoms. The summed E-state index contributed by atoms with van der Waals surface area (Å²) in [6.45, 7) is 3.95. The van der Waals surface area contributed by atoms with E-state index >= 15 is 0 Å². The molecule has 0 radical (unpaired) electrons. The summed E-state index contributed by atoms with van der Waals surface area (Å²) >= 11 is 13.7. The fraction of sp³-hybridized carbons (Fsp3) is 0.312. The topological polar surface area (TPSA) is 49.6 Å². The molecule has 0 saturated carbocycles. The van der Waals surface area contributed by atoms with Gasteiger partial charge in [-0.3, -0.25) is 9.69 Å². The van der Waals surface area contributed by atoms with Crippen LogP contribution in [-0.2, 0) is 6.54 Å². The predicted molar refractivity (Wildman–Crippen MR) is 96.4 cm³/mol. The van der Waals surface area contributed by atoms with E-state index in [0.29, 0.717) is 29.4 Å². The second kappa shape index (κ2) is 7.09. The molecule has 0 bridgehead atoms. The number of anilines is 1. The van der Waals surface area contributed by atoms with Crippen molar-refractivity contribution in [2.75, 3.05) is 31.9 Å². The van der Waals surface area contributed by atoms with Crippen LogP contribution in [0, 0.1) is 0 Å². The first kappa shape index (κ1) is 16.6. The molecule has 1 aromatic carbocycles. The molecular weight excluding hydrogens is 353 g/mol. The van der Waals surface area contributed by atoms with Crippen LogP contribution < -0.4 is 5.73 Å². The highest BCUT2D eigenvalue weighted by molar-refractivity contribution is 7.16. The Kier molecular flexibility index (Phi) is 5.11. The molecule has 4 nitrogen and oxygen atoms in total. The molecule has 1 aromatic heterocycles. The van der Waals surface area contributed by atoms with Crippen molar-refractivity contribution in [3.05, 3.63) is 50.1 Å². The number of hydrogen-bond donors (Lipinski definition) is 1. The molecule has 1 saturated heterocycles. The average molecular weight is 370 g/mol. The second-order valence-corrected chi connectivity index (χ2v) is 7.72. The van der Waals surface area contributed by atoms with Gasteiger partial charge >= 0.3 is 0 Å². The van der Waals surface area contributed by atoms with Crippen molar-refractivity contribution in [1.82, 2.24) is 9.80 Å². The normalized spacial score (nSPS) is 15.8. The van der Waals surface area contributed by atoms with Gasteiger partial charge in [0.05, 0.1) is 14.9 Å². The van der Waals surface area contributed by atoms with Crippen molar-refractivity contribution in [1.29, 1.82) is 0 Å². The highest BCUT2D eigenvalue weighted by atomic mass is 35.5. The fourth-order valence-electron chi connectivity index (χ4n) is 2.64. The van der Waals surface area contributed by atoms with Crippen LogP contribution in [-0.4, -0.2) is 41.9 Å². The number of nitrogens with zero attached hydrogens (tertiary/aromatic N) is 2. The van der Waals surface area contributed by atoms with E-state index in [1.165, 1.54) is 4.88 Å². The number of benzene rings is 1. The Morgan fingerprint density at radius 3 is 2.48 bits per heavy atom. The number of nitrogens with two attached hydrogens (primary N) is 1. The number of amides is 1. The minimum absolute atomic E-state index is 0.0335. The highest BCUT2D eigenvalue weighted by Crippen LogP contribution is 2.24. The number of halogens is 2. The monoisotopic (exact) mass is 369 g/mol. The summed E-state index contributed by atoms with van der Waals surface area (Å²) in [5.41, 5.74) is 6.75. The van der Waals surface area contributed by atoms with Gasteiger partial charge in [0.1, 0.15) is 0 Å². The Labute approximate surface area is 149 Å². The third-order valence-corrected chi connectivity index (χ3v) is 5.42. The number of hydrogen-bond acceptors (Lipinski definition) is 4. The van der Waals surface area contributed by atoms with E-state index in [0.717, 1.165) is 24.0 Å². The largest absolute Gasteiger partial charge is 0.399 e. The maximum absolute atomic E-state index is 12.6. The SMILES string of the molecule is Nc1ccc(C(=O)N2CCN(Cc3ccc(Cl)s3)CC2)c(Cl)c1. The van der Waals surface area contributed by atoms with Crippen molar-refractivity contribution in [3.63, 3.8) is 0 Å². The van der Waals surface area contributed by atoms with Gasteiger partial charge in [0, 0.05) is 43.3 Å². The maximum atomic E-state index is 12.6. The fourth-order valence-corrected chi connectivity index (χ4v) is 4.04. The van der Waals surface area contributed by atoms with Gasteiger partial charge in [0.2, 0.25) is 0 Å². The van der Waals surface area contributed by atoms with E-state index in [1.807, 2.05) is 11.0 Å². The lowest BCUT2D eigenvalue weighted by Crippen LogP contribution is -2.48. The van der Waals surface area contributed by atoms with E-state index in [1.54, 1.807) is 29.5 Å². The van der Waals surface area contributed by atoms with Crippen LogP contribution in [0.3, 0.4) is 0 Å². The summed E-state index contributed by atoms with van der Waals surface area (Å²) < 4.78 is 0.812. The zero-order chi connectivity index (χ0) is 16.4. The first-order valence-electron chi connectivity index (χ1n) is 7.34. The summed E-state index contributed by atoms with van der Waals surface area (Å²) in [6, 6.07) is 8.99. The van der Waals surface area contributed by atoms with Crippen LogP contribution in [0.2, 0.25) is 9.36 Å². The lowest BCUT2D eigenvalue weighted by molar-refractivity contribution is 0.0630. The lowest BCUT2D eigenvalue weighted by Gasteiger charge is -2.34. The Morgan fingerprint density at radius 2 is 1.87 bits per heavy atom. The number of nitrogen functional groups attached to an aromatic ring is 1. The van der Waals surface area contributed by atoms with E-state index in [2.05, 4.69) is 11.0 Å². The zero-order valence-corrected chi connectivity index (χ0v) is 14.8. The number of carbonyl (C=O) groups excluding carboxylic acids is 1. The van der Waals surface area contributed by atoms with Crippen molar-refractivity contribution in [2.45, 2.75) is 6.54 Å². The molecule has 2 N–H and O–H groups in total. The minimum Gasteiger partial charge on any atom is -0.399 e. The summed E-state index contributed by atoms with van der Waals surface area (Å²) in [4.78, 5) is 18.0. The molecule has 0 unspecified atom stereocenters. The molecule has 1 aliphatic rings. The summed E-state index contributed by atoms with van der Waals surface area (Å²) in [5, 5.41) is 0.408. The van der Waals surface area contributed by atoms with Gasteiger partial charge in [-0.1, -0.05) is 23.2 Å². The molecule has 23 heavy (non-hydrogen) atoms. The van der Waals surface area contributed by atoms with E-state index in [-0.39, 0.29) is 5.91 Å². The quantitative estimate of drug-likeness (QED) is 0.840. The number of piperazine rings is 1. The Morgan fingerprint density at radius 1 is 1.13 bits per heavy atom. The molecule has 1 amide bonds. The molecule has 7 heteroatoms. The molecular formula is C16H17Cl2N3OS. The van der Waals surface area contributed by atoms with Crippen LogP contribution in [0.15, 0.2) is 30.3 Å². The van der Waals surface area contributed by atoms with Gasteiger partial charge in [-0.25, -0.2) is 0 Å². The molecule has 122 valence electrons.